The first kappa shape index (κ1) is 20.2. The molecule has 0 amide bonds. The van der Waals surface area contributed by atoms with Gasteiger partial charge in [-0.15, -0.1) is 0 Å². The molecule has 0 unspecified atom stereocenters. The Balaban J connectivity index is 2.93. The highest BCUT2D eigenvalue weighted by molar-refractivity contribution is 6.74. The largest absolute Gasteiger partial charge is 0.414 e. The van der Waals surface area contributed by atoms with Gasteiger partial charge in [-0.1, -0.05) is 27.7 Å². The average molecular weight is 337 g/mol. The van der Waals surface area contributed by atoms with Gasteiger partial charge in [0.05, 0.1) is 0 Å². The molecule has 4 heteroatoms. The molecule has 3 atom stereocenters. The van der Waals surface area contributed by atoms with Crippen molar-refractivity contribution in [3.63, 3.8) is 0 Å². The van der Waals surface area contributed by atoms with E-state index in [0.717, 1.165) is 18.5 Å². The highest BCUT2D eigenvalue weighted by Gasteiger charge is 2.41. The average Bonchev–Trinajstić information content (AvgIpc) is 2.36. The molecule has 23 heavy (non-hydrogen) atoms. The van der Waals surface area contributed by atoms with Gasteiger partial charge in [0.25, 0.3) is 0 Å². The van der Waals surface area contributed by atoms with Crippen LogP contribution >= 0.6 is 0 Å². The molecule has 3 nitrogen and oxygen atoms in total. The maximum absolute atomic E-state index is 6.69. The summed E-state index contributed by atoms with van der Waals surface area (Å²) in [6, 6.07) is 0. The van der Waals surface area contributed by atoms with Crippen LogP contribution in [0.2, 0.25) is 18.1 Å². The van der Waals surface area contributed by atoms with Gasteiger partial charge in [-0.2, -0.15) is 0 Å². The van der Waals surface area contributed by atoms with Crippen molar-refractivity contribution in [1.82, 2.24) is 0 Å². The van der Waals surface area contributed by atoms with Crippen molar-refractivity contribution in [3.8, 4) is 0 Å². The Bertz CT molecular complexity index is 470. The van der Waals surface area contributed by atoms with Gasteiger partial charge in [-0.3, -0.25) is 4.99 Å². The zero-order chi connectivity index (χ0) is 17.8. The molecule has 1 rings (SSSR count). The second kappa shape index (κ2) is 7.80. The summed E-state index contributed by atoms with van der Waals surface area (Å²) in [5.74, 6) is 1.11. The van der Waals surface area contributed by atoms with Crippen LogP contribution in [0.5, 0.6) is 0 Å². The topological polar surface area (TPSA) is 47.6 Å². The lowest BCUT2D eigenvalue weighted by Gasteiger charge is -2.43. The zero-order valence-electron chi connectivity index (χ0n) is 16.1. The Hall–Kier alpha value is -0.873. The van der Waals surface area contributed by atoms with Crippen molar-refractivity contribution < 1.29 is 4.43 Å². The summed E-state index contributed by atoms with van der Waals surface area (Å²) in [6.07, 6.45) is 7.49. The van der Waals surface area contributed by atoms with Crippen molar-refractivity contribution in [2.24, 2.45) is 22.6 Å². The van der Waals surface area contributed by atoms with Crippen LogP contribution in [0, 0.1) is 11.8 Å². The van der Waals surface area contributed by atoms with Gasteiger partial charge in [-0.05, 0) is 74.5 Å². The highest BCUT2D eigenvalue weighted by Crippen LogP contribution is 2.42. The molecule has 0 radical (unpaired) electrons. The minimum atomic E-state index is -1.73. The third-order valence-electron chi connectivity index (χ3n) is 5.42. The van der Waals surface area contributed by atoms with E-state index in [1.165, 1.54) is 12.0 Å². The monoisotopic (exact) mass is 336 g/mol. The van der Waals surface area contributed by atoms with Crippen LogP contribution in [0.1, 0.15) is 53.9 Å². The van der Waals surface area contributed by atoms with Crippen LogP contribution in [0.3, 0.4) is 0 Å². The summed E-state index contributed by atoms with van der Waals surface area (Å²) in [7, 11) is -1.73. The Labute approximate surface area is 144 Å². The minimum Gasteiger partial charge on any atom is -0.414 e. The molecule has 0 aromatic heterocycles. The van der Waals surface area contributed by atoms with Crippen molar-refractivity contribution in [3.05, 3.63) is 23.5 Å². The second-order valence-corrected chi connectivity index (χ2v) is 13.4. The molecule has 1 fully saturated rings. The van der Waals surface area contributed by atoms with E-state index in [2.05, 4.69) is 52.5 Å². The number of hydrogen-bond acceptors (Lipinski definition) is 3. The SMILES string of the molecule is C=N/C=C\C(=C(/C)N)[C@@H]1C[C@H](C)C[C@H](O[Si](C)(C)C(C)(C)C)C1. The van der Waals surface area contributed by atoms with Crippen LogP contribution in [-0.2, 0) is 4.43 Å². The summed E-state index contributed by atoms with van der Waals surface area (Å²) in [5.41, 5.74) is 8.22. The molecule has 1 aliphatic rings. The van der Waals surface area contributed by atoms with Gasteiger partial charge >= 0.3 is 0 Å². The molecule has 0 heterocycles. The van der Waals surface area contributed by atoms with Crippen LogP contribution < -0.4 is 5.73 Å². The van der Waals surface area contributed by atoms with Crippen molar-refractivity contribution in [2.75, 3.05) is 0 Å². The lowest BCUT2D eigenvalue weighted by Crippen LogP contribution is -2.45. The number of aliphatic imine (C=N–C) groups is 1. The zero-order valence-corrected chi connectivity index (χ0v) is 17.1. The first-order chi connectivity index (χ1) is 10.5. The summed E-state index contributed by atoms with van der Waals surface area (Å²) >= 11 is 0. The first-order valence-corrected chi connectivity index (χ1v) is 11.6. The van der Waals surface area contributed by atoms with E-state index in [1.807, 2.05) is 13.0 Å². The number of nitrogens with zero attached hydrogens (tertiary/aromatic N) is 1. The molecule has 0 aromatic carbocycles. The Morgan fingerprint density at radius 2 is 1.87 bits per heavy atom. The van der Waals surface area contributed by atoms with Crippen LogP contribution in [-0.4, -0.2) is 21.1 Å². The number of hydrogen-bond donors (Lipinski definition) is 1. The molecule has 1 aliphatic carbocycles. The Kier molecular flexibility index (Phi) is 6.84. The third-order valence-corrected chi connectivity index (χ3v) is 9.96. The fourth-order valence-electron chi connectivity index (χ4n) is 3.21. The van der Waals surface area contributed by atoms with E-state index >= 15 is 0 Å². The smallest absolute Gasteiger partial charge is 0.192 e. The fraction of sp³-hybridized carbons (Fsp3) is 0.737. The molecule has 0 spiro atoms. The molecule has 132 valence electrons. The summed E-state index contributed by atoms with van der Waals surface area (Å²) in [5, 5.41) is 0.248. The Morgan fingerprint density at radius 3 is 2.35 bits per heavy atom. The predicted molar refractivity (Wildman–Crippen MR) is 104 cm³/mol. The summed E-state index contributed by atoms with van der Waals surface area (Å²) < 4.78 is 6.69. The number of nitrogens with two attached hydrogens (primary N) is 1. The third kappa shape index (κ3) is 5.61. The first-order valence-electron chi connectivity index (χ1n) is 8.74. The van der Waals surface area contributed by atoms with Crippen molar-refractivity contribution >= 4 is 15.0 Å². The van der Waals surface area contributed by atoms with Gasteiger partial charge in [0.1, 0.15) is 0 Å². The molecular weight excluding hydrogens is 300 g/mol. The lowest BCUT2D eigenvalue weighted by molar-refractivity contribution is 0.0934. The van der Waals surface area contributed by atoms with Gasteiger partial charge < -0.3 is 10.2 Å². The second-order valence-electron chi connectivity index (χ2n) is 8.65. The maximum atomic E-state index is 6.69. The predicted octanol–water partition coefficient (Wildman–Crippen LogP) is 5.26. The standard InChI is InChI=1S/C19H36N2OSi/c1-14-11-16(18(15(2)20)9-10-21-6)13-17(12-14)22-23(7,8)19(3,4)5/h9-10,14,16-17H,6,11-13,20H2,1-5,7-8H3/b10-9-,18-15-/t14-,16+,17-/m0/s1. The molecule has 0 aliphatic heterocycles. The number of rotatable bonds is 5. The van der Waals surface area contributed by atoms with E-state index in [1.54, 1.807) is 6.20 Å². The summed E-state index contributed by atoms with van der Waals surface area (Å²) in [6.45, 7) is 19.4. The minimum absolute atomic E-state index is 0.248. The molecular formula is C19H36N2OSi. The highest BCUT2D eigenvalue weighted by atomic mass is 28.4. The fourth-order valence-corrected chi connectivity index (χ4v) is 4.59. The van der Waals surface area contributed by atoms with Gasteiger partial charge in [0, 0.05) is 18.0 Å². The van der Waals surface area contributed by atoms with Crippen molar-refractivity contribution in [1.29, 1.82) is 0 Å². The van der Waals surface area contributed by atoms with Gasteiger partial charge in [0.2, 0.25) is 0 Å². The molecule has 0 aromatic rings. The lowest BCUT2D eigenvalue weighted by atomic mass is 9.76. The Morgan fingerprint density at radius 1 is 1.26 bits per heavy atom. The molecule has 0 saturated heterocycles. The molecule has 2 N–H and O–H groups in total. The van der Waals surface area contributed by atoms with E-state index in [4.69, 9.17) is 10.2 Å². The van der Waals surface area contributed by atoms with Gasteiger partial charge in [0.15, 0.2) is 8.32 Å². The van der Waals surface area contributed by atoms with Crippen molar-refractivity contribution in [2.45, 2.75) is 78.1 Å². The van der Waals surface area contributed by atoms with Crippen LogP contribution in [0.4, 0.5) is 0 Å². The maximum Gasteiger partial charge on any atom is 0.192 e. The van der Waals surface area contributed by atoms with E-state index in [9.17, 15) is 0 Å². The van der Waals surface area contributed by atoms with E-state index in [-0.39, 0.29) is 5.04 Å². The normalized spacial score (nSPS) is 27.9. The quantitative estimate of drug-likeness (QED) is 0.423. The van der Waals surface area contributed by atoms with Crippen LogP contribution in [0.15, 0.2) is 28.5 Å². The van der Waals surface area contributed by atoms with E-state index in [0.29, 0.717) is 17.9 Å². The number of allylic oxidation sites excluding steroid dienone is 3. The van der Waals surface area contributed by atoms with E-state index < -0.39 is 8.32 Å². The molecule has 1 saturated carbocycles. The van der Waals surface area contributed by atoms with Gasteiger partial charge in [-0.25, -0.2) is 0 Å². The molecule has 0 bridgehead atoms. The summed E-state index contributed by atoms with van der Waals surface area (Å²) in [4.78, 5) is 3.84. The van der Waals surface area contributed by atoms with Crippen LogP contribution in [0.25, 0.3) is 0 Å².